The van der Waals surface area contributed by atoms with Gasteiger partial charge in [-0.05, 0) is 63.8 Å². The molecule has 0 radical (unpaired) electrons. The third-order valence-corrected chi connectivity index (χ3v) is 4.16. The molecule has 0 aliphatic heterocycles. The van der Waals surface area contributed by atoms with Gasteiger partial charge in [0.25, 0.3) is 0 Å². The summed E-state index contributed by atoms with van der Waals surface area (Å²) in [7, 11) is 0. The zero-order chi connectivity index (χ0) is 17.5. The SMILES string of the molecule is CC(C)(C)OC(=O)NC1CCc2[nH]c3ccc(C(=O)O)cc3c2C1. The zero-order valence-electron chi connectivity index (χ0n) is 14.1. The van der Waals surface area contributed by atoms with Crippen LogP contribution in [0.2, 0.25) is 0 Å². The van der Waals surface area contributed by atoms with Gasteiger partial charge in [-0.1, -0.05) is 0 Å². The number of rotatable bonds is 2. The molecule has 1 heterocycles. The topological polar surface area (TPSA) is 91.4 Å². The van der Waals surface area contributed by atoms with E-state index < -0.39 is 17.7 Å². The van der Waals surface area contributed by atoms with Gasteiger partial charge in [-0.2, -0.15) is 0 Å². The number of carbonyl (C=O) groups excluding carboxylic acids is 1. The van der Waals surface area contributed by atoms with Gasteiger partial charge in [0, 0.05) is 22.6 Å². The van der Waals surface area contributed by atoms with Crippen molar-refractivity contribution in [3.05, 3.63) is 35.0 Å². The summed E-state index contributed by atoms with van der Waals surface area (Å²) in [6.45, 7) is 5.50. The predicted molar refractivity (Wildman–Crippen MR) is 90.4 cm³/mol. The maximum absolute atomic E-state index is 12.0. The van der Waals surface area contributed by atoms with E-state index in [4.69, 9.17) is 4.74 Å². The van der Waals surface area contributed by atoms with Crippen molar-refractivity contribution in [3.8, 4) is 0 Å². The van der Waals surface area contributed by atoms with Crippen LogP contribution in [0.25, 0.3) is 10.9 Å². The second-order valence-electron chi connectivity index (χ2n) is 7.23. The highest BCUT2D eigenvalue weighted by Crippen LogP contribution is 2.30. The number of amides is 1. The standard InChI is InChI=1S/C18H22N2O4/c1-18(2,3)24-17(23)19-11-5-7-15-13(9-11)12-8-10(16(21)22)4-6-14(12)20-15/h4,6,8,11,20H,5,7,9H2,1-3H3,(H,19,23)(H,21,22). The third-order valence-electron chi connectivity index (χ3n) is 4.16. The molecule has 0 saturated carbocycles. The molecule has 1 unspecified atom stereocenters. The smallest absolute Gasteiger partial charge is 0.407 e. The van der Waals surface area contributed by atoms with E-state index in [1.807, 2.05) is 20.8 Å². The quantitative estimate of drug-likeness (QED) is 0.788. The first-order chi connectivity index (χ1) is 11.2. The number of H-pyrrole nitrogens is 1. The van der Waals surface area contributed by atoms with Gasteiger partial charge in [-0.3, -0.25) is 0 Å². The number of aromatic amines is 1. The molecule has 1 aliphatic carbocycles. The highest BCUT2D eigenvalue weighted by atomic mass is 16.6. The molecule has 3 N–H and O–H groups in total. The molecular weight excluding hydrogens is 308 g/mol. The largest absolute Gasteiger partial charge is 0.478 e. The molecule has 0 saturated heterocycles. The van der Waals surface area contributed by atoms with Crippen LogP contribution in [0.5, 0.6) is 0 Å². The molecule has 0 fully saturated rings. The Labute approximate surface area is 140 Å². The van der Waals surface area contributed by atoms with Gasteiger partial charge < -0.3 is 20.1 Å². The van der Waals surface area contributed by atoms with Gasteiger partial charge in [0.15, 0.2) is 0 Å². The van der Waals surface area contributed by atoms with Gasteiger partial charge in [0.2, 0.25) is 0 Å². The van der Waals surface area contributed by atoms with Gasteiger partial charge in [-0.25, -0.2) is 9.59 Å². The minimum absolute atomic E-state index is 0.0140. The van der Waals surface area contributed by atoms with E-state index in [0.717, 1.165) is 35.0 Å². The minimum atomic E-state index is -0.939. The Kier molecular flexibility index (Phi) is 3.99. The molecule has 1 aliphatic rings. The monoisotopic (exact) mass is 330 g/mol. The summed E-state index contributed by atoms with van der Waals surface area (Å²) < 4.78 is 5.31. The van der Waals surface area contributed by atoms with Gasteiger partial charge in [-0.15, -0.1) is 0 Å². The van der Waals surface area contributed by atoms with Crippen LogP contribution in [-0.2, 0) is 17.6 Å². The Bertz CT molecular complexity index is 801. The number of ether oxygens (including phenoxy) is 1. The van der Waals surface area contributed by atoms with E-state index in [2.05, 4.69) is 10.3 Å². The molecule has 6 nitrogen and oxygen atoms in total. The molecule has 1 atom stereocenters. The van der Waals surface area contributed by atoms with E-state index in [1.54, 1.807) is 18.2 Å². The number of aromatic carboxylic acids is 1. The van der Waals surface area contributed by atoms with Crippen molar-refractivity contribution >= 4 is 23.0 Å². The number of aromatic nitrogens is 1. The number of carbonyl (C=O) groups is 2. The zero-order valence-corrected chi connectivity index (χ0v) is 14.1. The Balaban J connectivity index is 1.81. The molecule has 24 heavy (non-hydrogen) atoms. The maximum Gasteiger partial charge on any atom is 0.407 e. The Morgan fingerprint density at radius 3 is 2.75 bits per heavy atom. The van der Waals surface area contributed by atoms with Gasteiger partial charge in [0.1, 0.15) is 5.60 Å². The molecule has 3 rings (SSSR count). The minimum Gasteiger partial charge on any atom is -0.478 e. The van der Waals surface area contributed by atoms with Crippen LogP contribution in [0, 0.1) is 0 Å². The number of carboxylic acids is 1. The summed E-state index contributed by atoms with van der Waals surface area (Å²) in [5.74, 6) is -0.939. The summed E-state index contributed by atoms with van der Waals surface area (Å²) in [5, 5.41) is 13.0. The molecule has 128 valence electrons. The fourth-order valence-electron chi connectivity index (χ4n) is 3.15. The van der Waals surface area contributed by atoms with E-state index in [9.17, 15) is 14.7 Å². The van der Waals surface area contributed by atoms with Crippen LogP contribution in [0.4, 0.5) is 4.79 Å². The van der Waals surface area contributed by atoms with Crippen LogP contribution in [0.3, 0.4) is 0 Å². The van der Waals surface area contributed by atoms with Crippen LogP contribution in [0.15, 0.2) is 18.2 Å². The lowest BCUT2D eigenvalue weighted by Gasteiger charge is -2.26. The van der Waals surface area contributed by atoms with Crippen molar-refractivity contribution < 1.29 is 19.4 Å². The second-order valence-corrected chi connectivity index (χ2v) is 7.23. The van der Waals surface area contributed by atoms with Gasteiger partial charge in [0.05, 0.1) is 5.56 Å². The molecule has 1 aromatic heterocycles. The molecule has 1 aromatic carbocycles. The average molecular weight is 330 g/mol. The number of carboxylic acid groups (broad SMARTS) is 1. The normalized spacial score (nSPS) is 17.4. The number of hydrogen-bond donors (Lipinski definition) is 3. The summed E-state index contributed by atoms with van der Waals surface area (Å²) >= 11 is 0. The molecule has 6 heteroatoms. The first-order valence-corrected chi connectivity index (χ1v) is 8.09. The van der Waals surface area contributed by atoms with Crippen LogP contribution < -0.4 is 5.32 Å². The second kappa shape index (κ2) is 5.85. The lowest BCUT2D eigenvalue weighted by Crippen LogP contribution is -2.41. The van der Waals surface area contributed by atoms with E-state index in [0.29, 0.717) is 6.42 Å². The van der Waals surface area contributed by atoms with Crippen LogP contribution in [0.1, 0.15) is 48.8 Å². The van der Waals surface area contributed by atoms with Crippen molar-refractivity contribution in [1.29, 1.82) is 0 Å². The van der Waals surface area contributed by atoms with E-state index in [1.165, 1.54) is 0 Å². The predicted octanol–water partition coefficient (Wildman–Crippen LogP) is 3.25. The van der Waals surface area contributed by atoms with Crippen molar-refractivity contribution in [3.63, 3.8) is 0 Å². The van der Waals surface area contributed by atoms with Crippen molar-refractivity contribution in [2.75, 3.05) is 0 Å². The Morgan fingerprint density at radius 2 is 2.08 bits per heavy atom. The summed E-state index contributed by atoms with van der Waals surface area (Å²) in [4.78, 5) is 26.5. The number of alkyl carbamates (subject to hydrolysis) is 1. The summed E-state index contributed by atoms with van der Waals surface area (Å²) in [6, 6.07) is 5.08. The Morgan fingerprint density at radius 1 is 1.33 bits per heavy atom. The molecule has 2 aromatic rings. The first kappa shape index (κ1) is 16.4. The van der Waals surface area contributed by atoms with Crippen molar-refractivity contribution in [2.45, 2.75) is 51.7 Å². The number of fused-ring (bicyclic) bond motifs is 3. The third kappa shape index (κ3) is 3.37. The fraction of sp³-hybridized carbons (Fsp3) is 0.444. The van der Waals surface area contributed by atoms with E-state index in [-0.39, 0.29) is 11.6 Å². The fourth-order valence-corrected chi connectivity index (χ4v) is 3.15. The average Bonchev–Trinajstić information content (AvgIpc) is 2.82. The van der Waals surface area contributed by atoms with Crippen molar-refractivity contribution in [2.24, 2.45) is 0 Å². The lowest BCUT2D eigenvalue weighted by atomic mass is 9.91. The van der Waals surface area contributed by atoms with Gasteiger partial charge >= 0.3 is 12.1 Å². The van der Waals surface area contributed by atoms with E-state index >= 15 is 0 Å². The first-order valence-electron chi connectivity index (χ1n) is 8.09. The number of benzene rings is 1. The van der Waals surface area contributed by atoms with Crippen LogP contribution in [-0.4, -0.2) is 33.8 Å². The Hall–Kier alpha value is -2.50. The molecule has 1 amide bonds. The molecule has 0 spiro atoms. The molecular formula is C18H22N2O4. The van der Waals surface area contributed by atoms with Crippen molar-refractivity contribution in [1.82, 2.24) is 10.3 Å². The molecule has 0 bridgehead atoms. The highest BCUT2D eigenvalue weighted by Gasteiger charge is 2.26. The van der Waals surface area contributed by atoms with Crippen LogP contribution >= 0.6 is 0 Å². The summed E-state index contributed by atoms with van der Waals surface area (Å²) in [6.07, 6.45) is 1.89. The number of hydrogen-bond acceptors (Lipinski definition) is 3. The lowest BCUT2D eigenvalue weighted by molar-refractivity contribution is 0.0499. The maximum atomic E-state index is 12.0. The highest BCUT2D eigenvalue weighted by molar-refractivity contribution is 5.95. The number of aryl methyl sites for hydroxylation is 1. The number of nitrogens with one attached hydrogen (secondary N) is 2. The summed E-state index contributed by atoms with van der Waals surface area (Å²) in [5.41, 5.74) is 2.88.